The molecule has 1 aliphatic heterocycles. The van der Waals surface area contributed by atoms with Crippen molar-refractivity contribution in [2.24, 2.45) is 0 Å². The molecule has 6 heteroatoms. The molecule has 0 fully saturated rings. The molecule has 0 spiro atoms. The Balaban J connectivity index is 2.11. The molecule has 0 unspecified atom stereocenters. The number of esters is 1. The number of carbonyl (C=O) groups is 2. The van der Waals surface area contributed by atoms with Crippen LogP contribution in [-0.4, -0.2) is 22.9 Å². The van der Waals surface area contributed by atoms with Crippen molar-refractivity contribution < 1.29 is 23.1 Å². The van der Waals surface area contributed by atoms with Crippen LogP contribution < -0.4 is 0 Å². The second-order valence-corrected chi connectivity index (χ2v) is 8.26. The van der Waals surface area contributed by atoms with Crippen molar-refractivity contribution in [1.82, 2.24) is 4.90 Å². The predicted molar refractivity (Wildman–Crippen MR) is 114 cm³/mol. The van der Waals surface area contributed by atoms with Crippen LogP contribution in [-0.2, 0) is 20.9 Å². The average Bonchev–Trinajstić information content (AvgIpc) is 2.69. The minimum Gasteiger partial charge on any atom is -0.460 e. The number of hydrogen-bond donors (Lipinski definition) is 0. The monoisotopic (exact) mass is 427 g/mol. The number of allylic oxidation sites excluding steroid dienone is 1. The Bertz CT molecular complexity index is 1060. The van der Waals surface area contributed by atoms with E-state index in [1.54, 1.807) is 20.8 Å². The van der Waals surface area contributed by atoms with Gasteiger partial charge in [0.1, 0.15) is 0 Å². The summed E-state index contributed by atoms with van der Waals surface area (Å²) in [5.41, 5.74) is 3.70. The van der Waals surface area contributed by atoms with Gasteiger partial charge in [-0.15, -0.1) is 0 Å². The van der Waals surface area contributed by atoms with Gasteiger partial charge in [0, 0.05) is 23.6 Å². The van der Waals surface area contributed by atoms with Crippen molar-refractivity contribution in [2.75, 3.05) is 0 Å². The lowest BCUT2D eigenvalue weighted by Crippen LogP contribution is -2.38. The van der Waals surface area contributed by atoms with Gasteiger partial charge in [-0.3, -0.25) is 4.79 Å². The normalized spacial score (nSPS) is 16.8. The Morgan fingerprint density at radius 2 is 1.87 bits per heavy atom. The number of hydrogen-bond acceptors (Lipinski definition) is 3. The highest BCUT2D eigenvalue weighted by Crippen LogP contribution is 2.39. The summed E-state index contributed by atoms with van der Waals surface area (Å²) in [7, 11) is 0. The Hall–Kier alpha value is -3.02. The summed E-state index contributed by atoms with van der Waals surface area (Å²) < 4.78 is 33.4. The molecule has 0 N–H and O–H groups in total. The van der Waals surface area contributed by atoms with E-state index in [9.17, 15) is 18.4 Å². The summed E-state index contributed by atoms with van der Waals surface area (Å²) in [5.74, 6) is -3.20. The Morgan fingerprint density at radius 1 is 1.16 bits per heavy atom. The fourth-order valence-corrected chi connectivity index (χ4v) is 3.99. The quantitative estimate of drug-likeness (QED) is 0.607. The Kier molecular flexibility index (Phi) is 6.58. The van der Waals surface area contributed by atoms with Crippen LogP contribution in [0.2, 0.25) is 0 Å². The van der Waals surface area contributed by atoms with Gasteiger partial charge in [-0.05, 0) is 51.8 Å². The van der Waals surface area contributed by atoms with E-state index in [1.165, 1.54) is 17.0 Å². The SMILES string of the molecule is CC1=C(C(=O)OC(C)C)[C@@H](c2cc(C)ccc2C)CC(=O)N1Cc1cccc(F)c1F. The summed E-state index contributed by atoms with van der Waals surface area (Å²) in [4.78, 5) is 27.5. The third kappa shape index (κ3) is 4.68. The number of rotatable bonds is 5. The maximum atomic E-state index is 14.3. The number of carbonyl (C=O) groups excluding carboxylic acids is 2. The fraction of sp³-hybridized carbons (Fsp3) is 0.360. The molecule has 3 rings (SSSR count). The lowest BCUT2D eigenvalue weighted by atomic mass is 9.81. The lowest BCUT2D eigenvalue weighted by Gasteiger charge is -2.35. The van der Waals surface area contributed by atoms with Crippen molar-refractivity contribution in [1.29, 1.82) is 0 Å². The second-order valence-electron chi connectivity index (χ2n) is 8.26. The van der Waals surface area contributed by atoms with Gasteiger partial charge >= 0.3 is 5.97 Å². The highest BCUT2D eigenvalue weighted by Gasteiger charge is 2.38. The van der Waals surface area contributed by atoms with Crippen LogP contribution >= 0.6 is 0 Å². The largest absolute Gasteiger partial charge is 0.460 e. The summed E-state index contributed by atoms with van der Waals surface area (Å²) in [5, 5.41) is 0. The summed E-state index contributed by atoms with van der Waals surface area (Å²) >= 11 is 0. The van der Waals surface area contributed by atoms with Crippen LogP contribution in [0.5, 0.6) is 0 Å². The number of halogens is 2. The minimum atomic E-state index is -0.994. The van der Waals surface area contributed by atoms with Crippen LogP contribution in [0.3, 0.4) is 0 Å². The first kappa shape index (κ1) is 22.7. The molecular formula is C25H27F2NO3. The highest BCUT2D eigenvalue weighted by molar-refractivity contribution is 5.96. The zero-order chi connectivity index (χ0) is 22.9. The number of nitrogens with zero attached hydrogens (tertiary/aromatic N) is 1. The minimum absolute atomic E-state index is 0.0428. The van der Waals surface area contributed by atoms with Crippen molar-refractivity contribution >= 4 is 11.9 Å². The molecule has 0 aromatic heterocycles. The lowest BCUT2D eigenvalue weighted by molar-refractivity contribution is -0.143. The van der Waals surface area contributed by atoms with Crippen molar-refractivity contribution in [2.45, 2.75) is 59.6 Å². The zero-order valence-electron chi connectivity index (χ0n) is 18.5. The average molecular weight is 427 g/mol. The first-order valence-corrected chi connectivity index (χ1v) is 10.3. The molecule has 2 aromatic carbocycles. The van der Waals surface area contributed by atoms with Gasteiger partial charge in [-0.1, -0.05) is 35.9 Å². The van der Waals surface area contributed by atoms with E-state index in [1.807, 2.05) is 32.0 Å². The number of benzene rings is 2. The maximum absolute atomic E-state index is 14.3. The number of ether oxygens (including phenoxy) is 1. The van der Waals surface area contributed by atoms with Crippen molar-refractivity contribution in [3.8, 4) is 0 Å². The smallest absolute Gasteiger partial charge is 0.336 e. The van der Waals surface area contributed by atoms with E-state index >= 15 is 0 Å². The first-order valence-electron chi connectivity index (χ1n) is 10.3. The Labute approximate surface area is 181 Å². The molecular weight excluding hydrogens is 400 g/mol. The number of amides is 1. The predicted octanol–water partition coefficient (Wildman–Crippen LogP) is 5.32. The standard InChI is InChI=1S/C25H27F2NO3/c1-14(2)31-25(30)23-17(5)28(13-18-7-6-8-21(26)24(18)27)22(29)12-20(23)19-11-15(3)9-10-16(19)4/h6-11,14,20H,12-13H2,1-5H3/t20-/m1/s1. The van der Waals surface area contributed by atoms with E-state index in [-0.39, 0.29) is 30.5 Å². The summed E-state index contributed by atoms with van der Waals surface area (Å²) in [6.45, 7) is 8.91. The molecule has 1 heterocycles. The zero-order valence-corrected chi connectivity index (χ0v) is 18.5. The first-order chi connectivity index (χ1) is 14.6. The molecule has 2 aromatic rings. The molecule has 0 aliphatic carbocycles. The van der Waals surface area contributed by atoms with E-state index in [0.29, 0.717) is 11.3 Å². The van der Waals surface area contributed by atoms with Crippen molar-refractivity contribution in [3.05, 3.63) is 81.6 Å². The maximum Gasteiger partial charge on any atom is 0.336 e. The molecule has 1 aliphatic rings. The summed E-state index contributed by atoms with van der Waals surface area (Å²) in [6, 6.07) is 9.78. The molecule has 1 atom stereocenters. The van der Waals surface area contributed by atoms with Crippen LogP contribution in [0.4, 0.5) is 8.78 Å². The number of aryl methyl sites for hydroxylation is 2. The van der Waals surface area contributed by atoms with Gasteiger partial charge < -0.3 is 9.64 Å². The molecule has 31 heavy (non-hydrogen) atoms. The third-order valence-electron chi connectivity index (χ3n) is 5.56. The van der Waals surface area contributed by atoms with Crippen molar-refractivity contribution in [3.63, 3.8) is 0 Å². The molecule has 0 saturated heterocycles. The van der Waals surface area contributed by atoms with Gasteiger partial charge in [-0.2, -0.15) is 0 Å². The van der Waals surface area contributed by atoms with Gasteiger partial charge in [0.2, 0.25) is 5.91 Å². The van der Waals surface area contributed by atoms with E-state index in [4.69, 9.17) is 4.74 Å². The van der Waals surface area contributed by atoms with Gasteiger partial charge in [0.05, 0.1) is 18.2 Å². The van der Waals surface area contributed by atoms with E-state index in [2.05, 4.69) is 0 Å². The van der Waals surface area contributed by atoms with Crippen LogP contribution in [0.1, 0.15) is 55.4 Å². The molecule has 0 bridgehead atoms. The van der Waals surface area contributed by atoms with Crippen LogP contribution in [0.25, 0.3) is 0 Å². The molecule has 0 saturated carbocycles. The molecule has 164 valence electrons. The molecule has 4 nitrogen and oxygen atoms in total. The Morgan fingerprint density at radius 3 is 2.55 bits per heavy atom. The summed E-state index contributed by atoms with van der Waals surface area (Å²) in [6.07, 6.45) is -0.292. The topological polar surface area (TPSA) is 46.6 Å². The molecule has 0 radical (unpaired) electrons. The van der Waals surface area contributed by atoms with Crippen LogP contribution in [0.15, 0.2) is 47.7 Å². The highest BCUT2D eigenvalue weighted by atomic mass is 19.2. The van der Waals surface area contributed by atoms with Gasteiger partial charge in [-0.25, -0.2) is 13.6 Å². The fourth-order valence-electron chi connectivity index (χ4n) is 3.99. The van der Waals surface area contributed by atoms with E-state index in [0.717, 1.165) is 22.8 Å². The van der Waals surface area contributed by atoms with Gasteiger partial charge in [0.25, 0.3) is 0 Å². The molecule has 1 amide bonds. The van der Waals surface area contributed by atoms with E-state index < -0.39 is 23.5 Å². The second kappa shape index (κ2) is 9.00. The van der Waals surface area contributed by atoms with Gasteiger partial charge in [0.15, 0.2) is 11.6 Å². The van der Waals surface area contributed by atoms with Crippen LogP contribution in [0, 0.1) is 25.5 Å². The third-order valence-corrected chi connectivity index (χ3v) is 5.56.